The van der Waals surface area contributed by atoms with E-state index in [2.05, 4.69) is 5.32 Å². The number of hydrogen-bond acceptors (Lipinski definition) is 2. The molecule has 3 atom stereocenters. The van der Waals surface area contributed by atoms with Crippen molar-refractivity contribution < 1.29 is 9.00 Å². The molecule has 1 aliphatic rings. The minimum atomic E-state index is -0.945. The van der Waals surface area contributed by atoms with Gasteiger partial charge in [-0.3, -0.25) is 9.00 Å². The highest BCUT2D eigenvalue weighted by Crippen LogP contribution is 2.50. The van der Waals surface area contributed by atoms with Crippen LogP contribution >= 0.6 is 11.6 Å². The van der Waals surface area contributed by atoms with Crippen LogP contribution in [0.2, 0.25) is 5.02 Å². The van der Waals surface area contributed by atoms with Crippen LogP contribution in [0.25, 0.3) is 0 Å². The third-order valence-corrected chi connectivity index (χ3v) is 5.13. The lowest BCUT2D eigenvalue weighted by Gasteiger charge is -2.10. The maximum absolute atomic E-state index is 12.5. The van der Waals surface area contributed by atoms with E-state index in [0.717, 1.165) is 28.3 Å². The second-order valence-electron chi connectivity index (χ2n) is 5.83. The van der Waals surface area contributed by atoms with Crippen molar-refractivity contribution in [3.63, 3.8) is 0 Å². The number of halogens is 1. The maximum atomic E-state index is 12.5. The minimum absolute atomic E-state index is 0.00394. The van der Waals surface area contributed by atoms with Gasteiger partial charge < -0.3 is 5.32 Å². The van der Waals surface area contributed by atoms with Crippen molar-refractivity contribution in [3.05, 3.63) is 64.7 Å². The smallest absolute Gasteiger partial charge is 0.228 e. The molecule has 3 nitrogen and oxygen atoms in total. The van der Waals surface area contributed by atoms with Crippen molar-refractivity contribution in [1.82, 2.24) is 0 Å². The van der Waals surface area contributed by atoms with Gasteiger partial charge in [0.05, 0.1) is 5.75 Å². The van der Waals surface area contributed by atoms with Crippen LogP contribution in [0.15, 0.2) is 48.5 Å². The average molecular weight is 348 g/mol. The van der Waals surface area contributed by atoms with Gasteiger partial charge in [0.15, 0.2) is 0 Å². The maximum Gasteiger partial charge on any atom is 0.228 e. The fourth-order valence-electron chi connectivity index (χ4n) is 2.82. The lowest BCUT2D eigenvalue weighted by molar-refractivity contribution is -0.117. The number of carbonyl (C=O) groups is 1. The molecule has 3 rings (SSSR count). The first kappa shape index (κ1) is 16.2. The van der Waals surface area contributed by atoms with E-state index in [1.165, 1.54) is 0 Å². The van der Waals surface area contributed by atoms with E-state index in [1.807, 2.05) is 48.5 Å². The highest BCUT2D eigenvalue weighted by Gasteiger charge is 2.44. The molecule has 5 heteroatoms. The molecule has 2 aromatic carbocycles. The number of anilines is 1. The number of carbonyl (C=O) groups excluding carboxylic acids is 1. The van der Waals surface area contributed by atoms with Gasteiger partial charge >= 0.3 is 0 Å². The third kappa shape index (κ3) is 3.82. The third-order valence-electron chi connectivity index (χ3n) is 4.07. The van der Waals surface area contributed by atoms with Gasteiger partial charge in [-0.05, 0) is 35.6 Å². The van der Waals surface area contributed by atoms with Crippen molar-refractivity contribution in [1.29, 1.82) is 0 Å². The minimum Gasteiger partial charge on any atom is -0.326 e. The van der Waals surface area contributed by atoms with Crippen LogP contribution in [0.1, 0.15) is 23.5 Å². The molecule has 120 valence electrons. The van der Waals surface area contributed by atoms with Crippen molar-refractivity contribution >= 4 is 34.0 Å². The largest absolute Gasteiger partial charge is 0.326 e. The number of hydrogen-bond donors (Lipinski definition) is 1. The van der Waals surface area contributed by atoms with Crippen molar-refractivity contribution in [2.45, 2.75) is 18.1 Å². The molecule has 1 saturated carbocycles. The molecule has 0 radical (unpaired) electrons. The number of benzene rings is 2. The molecular formula is C18H18ClNO2S. The van der Waals surface area contributed by atoms with Crippen LogP contribution < -0.4 is 5.32 Å². The average Bonchev–Trinajstić information content (AvgIpc) is 3.29. The van der Waals surface area contributed by atoms with Crippen LogP contribution in [-0.2, 0) is 21.3 Å². The monoisotopic (exact) mass is 347 g/mol. The zero-order chi connectivity index (χ0) is 16.4. The Bertz CT molecular complexity index is 762. The number of amides is 1. The molecule has 0 aliphatic heterocycles. The molecule has 23 heavy (non-hydrogen) atoms. The van der Waals surface area contributed by atoms with Gasteiger partial charge in [-0.2, -0.15) is 0 Å². The highest BCUT2D eigenvalue weighted by molar-refractivity contribution is 7.83. The summed E-state index contributed by atoms with van der Waals surface area (Å²) in [6.45, 7) is 0. The SMILES string of the molecule is CS(=O)Cc1ccccc1NC(=O)C1CC1c1ccccc1Cl. The summed E-state index contributed by atoms with van der Waals surface area (Å²) >= 11 is 6.21. The first-order valence-electron chi connectivity index (χ1n) is 7.49. The van der Waals surface area contributed by atoms with Crippen LogP contribution in [0.3, 0.4) is 0 Å². The summed E-state index contributed by atoms with van der Waals surface area (Å²) in [5.74, 6) is 0.588. The predicted octanol–water partition coefficient (Wildman–Crippen LogP) is 3.96. The zero-order valence-electron chi connectivity index (χ0n) is 12.8. The van der Waals surface area contributed by atoms with E-state index in [4.69, 9.17) is 11.6 Å². The summed E-state index contributed by atoms with van der Waals surface area (Å²) in [6.07, 6.45) is 2.48. The van der Waals surface area contributed by atoms with Crippen LogP contribution in [0.4, 0.5) is 5.69 Å². The van der Waals surface area contributed by atoms with Gasteiger partial charge in [-0.25, -0.2) is 0 Å². The molecule has 1 aliphatic carbocycles. The Morgan fingerprint density at radius 1 is 1.22 bits per heavy atom. The van der Waals surface area contributed by atoms with Gasteiger partial charge in [-0.1, -0.05) is 48.0 Å². The molecule has 0 saturated heterocycles. The van der Waals surface area contributed by atoms with Gasteiger partial charge in [-0.15, -0.1) is 0 Å². The Balaban J connectivity index is 1.70. The van der Waals surface area contributed by atoms with E-state index in [9.17, 15) is 9.00 Å². The van der Waals surface area contributed by atoms with Crippen molar-refractivity contribution in [3.8, 4) is 0 Å². The summed E-state index contributed by atoms with van der Waals surface area (Å²) in [4.78, 5) is 12.5. The molecule has 3 unspecified atom stereocenters. The molecule has 0 aromatic heterocycles. The summed E-state index contributed by atoms with van der Waals surface area (Å²) in [6, 6.07) is 15.2. The summed E-state index contributed by atoms with van der Waals surface area (Å²) in [5.41, 5.74) is 2.69. The lowest BCUT2D eigenvalue weighted by Crippen LogP contribution is -2.16. The Morgan fingerprint density at radius 2 is 1.91 bits per heavy atom. The first-order valence-corrected chi connectivity index (χ1v) is 9.60. The molecule has 2 aromatic rings. The molecule has 1 fully saturated rings. The molecule has 0 heterocycles. The Hall–Kier alpha value is -1.65. The van der Waals surface area contributed by atoms with Crippen molar-refractivity contribution in [2.75, 3.05) is 11.6 Å². The van der Waals surface area contributed by atoms with Crippen LogP contribution in [0.5, 0.6) is 0 Å². The van der Waals surface area contributed by atoms with E-state index >= 15 is 0 Å². The lowest BCUT2D eigenvalue weighted by atomic mass is 10.1. The number of para-hydroxylation sites is 1. The van der Waals surface area contributed by atoms with E-state index in [-0.39, 0.29) is 17.7 Å². The summed E-state index contributed by atoms with van der Waals surface area (Å²) in [7, 11) is -0.945. The van der Waals surface area contributed by atoms with E-state index < -0.39 is 10.8 Å². The fraction of sp³-hybridized carbons (Fsp3) is 0.278. The predicted molar refractivity (Wildman–Crippen MR) is 95.1 cm³/mol. The summed E-state index contributed by atoms with van der Waals surface area (Å²) in [5, 5.41) is 3.70. The first-order chi connectivity index (χ1) is 11.1. The topological polar surface area (TPSA) is 46.2 Å². The Kier molecular flexibility index (Phi) is 4.83. The Morgan fingerprint density at radius 3 is 2.65 bits per heavy atom. The number of rotatable bonds is 5. The van der Waals surface area contributed by atoms with Crippen LogP contribution in [-0.4, -0.2) is 16.4 Å². The molecule has 0 spiro atoms. The molecule has 1 amide bonds. The van der Waals surface area contributed by atoms with E-state index in [1.54, 1.807) is 6.26 Å². The molecule has 0 bridgehead atoms. The standard InChI is InChI=1S/C18H18ClNO2S/c1-23(22)11-12-6-2-5-9-17(12)20-18(21)15-10-14(15)13-7-3-4-8-16(13)19/h2-9,14-15H,10-11H2,1H3,(H,20,21). The zero-order valence-corrected chi connectivity index (χ0v) is 14.4. The highest BCUT2D eigenvalue weighted by atomic mass is 35.5. The van der Waals surface area contributed by atoms with Crippen LogP contribution in [0, 0.1) is 5.92 Å². The summed E-state index contributed by atoms with van der Waals surface area (Å²) < 4.78 is 11.5. The second-order valence-corrected chi connectivity index (χ2v) is 7.68. The quantitative estimate of drug-likeness (QED) is 0.889. The van der Waals surface area contributed by atoms with Gasteiger partial charge in [0.1, 0.15) is 0 Å². The van der Waals surface area contributed by atoms with Crippen molar-refractivity contribution in [2.24, 2.45) is 5.92 Å². The molecule has 1 N–H and O–H groups in total. The Labute approximate surface area is 143 Å². The molecular weight excluding hydrogens is 330 g/mol. The van der Waals surface area contributed by atoms with Gasteiger partial charge in [0.25, 0.3) is 0 Å². The second kappa shape index (κ2) is 6.85. The normalized spacial score (nSPS) is 20.8. The van der Waals surface area contributed by atoms with Gasteiger partial charge in [0.2, 0.25) is 5.91 Å². The fourth-order valence-corrected chi connectivity index (χ4v) is 3.78. The van der Waals surface area contributed by atoms with E-state index in [0.29, 0.717) is 5.75 Å². The number of nitrogens with one attached hydrogen (secondary N) is 1. The van der Waals surface area contributed by atoms with Gasteiger partial charge in [0, 0.05) is 33.7 Å².